The van der Waals surface area contributed by atoms with Gasteiger partial charge in [0.1, 0.15) is 17.3 Å². The number of carbonyl (C=O) groups is 5. The average Bonchev–Trinajstić information content (AvgIpc) is 3.64. The SMILES string of the molecule is CCCCCNc1nc(N)nc2ccn(Cc3ccc(CN4CCN(C(=O)CCOCCOCCNC(=O)CNC(=O)[C@@H](CC(=O)O)SC[C@H](N)C(=O)O)CC4)cc3OC)c12. The number of fused-ring (bicyclic) bond motifs is 1. The summed E-state index contributed by atoms with van der Waals surface area (Å²) < 4.78 is 19.0. The minimum Gasteiger partial charge on any atom is -0.496 e. The van der Waals surface area contributed by atoms with Gasteiger partial charge in [0.2, 0.25) is 23.7 Å². The Bertz CT molecular complexity index is 1910. The quantitative estimate of drug-likeness (QED) is 0.0501. The van der Waals surface area contributed by atoms with Gasteiger partial charge in [-0.2, -0.15) is 4.98 Å². The molecule has 0 saturated carbocycles. The Morgan fingerprint density at radius 1 is 0.934 bits per heavy atom. The van der Waals surface area contributed by atoms with Crippen LogP contribution in [0.3, 0.4) is 0 Å². The van der Waals surface area contributed by atoms with Crippen molar-refractivity contribution >= 4 is 64.2 Å². The molecule has 9 N–H and O–H groups in total. The van der Waals surface area contributed by atoms with E-state index >= 15 is 0 Å². The predicted octanol–water partition coefficient (Wildman–Crippen LogP) is 0.961. The monoisotopic (exact) mass is 872 g/mol. The number of anilines is 2. The second-order valence-corrected chi connectivity index (χ2v) is 15.7. The lowest BCUT2D eigenvalue weighted by Crippen LogP contribution is -2.48. The van der Waals surface area contributed by atoms with Crippen LogP contribution in [0.4, 0.5) is 11.8 Å². The Morgan fingerprint density at radius 2 is 1.69 bits per heavy atom. The van der Waals surface area contributed by atoms with Crippen LogP contribution in [0, 0.1) is 0 Å². The van der Waals surface area contributed by atoms with Crippen LogP contribution in [0.15, 0.2) is 30.5 Å². The molecule has 3 aromatic rings. The number of hydrogen-bond donors (Lipinski definition) is 7. The van der Waals surface area contributed by atoms with E-state index in [1.807, 2.05) is 17.2 Å². The first kappa shape index (κ1) is 48.4. The predicted molar refractivity (Wildman–Crippen MR) is 230 cm³/mol. The number of nitrogens with one attached hydrogen (secondary N) is 3. The summed E-state index contributed by atoms with van der Waals surface area (Å²) in [5, 5.41) is 25.2. The highest BCUT2D eigenvalue weighted by atomic mass is 32.2. The molecule has 3 amide bonds. The third-order valence-electron chi connectivity index (χ3n) is 9.79. The van der Waals surface area contributed by atoms with Crippen molar-refractivity contribution in [3.63, 3.8) is 0 Å². The van der Waals surface area contributed by atoms with Crippen molar-refractivity contribution in [2.75, 3.05) is 96.2 Å². The number of nitrogens with zero attached hydrogens (tertiary/aromatic N) is 5. The van der Waals surface area contributed by atoms with Crippen LogP contribution in [0.25, 0.3) is 11.0 Å². The molecule has 1 aliphatic heterocycles. The molecule has 1 aliphatic rings. The first-order chi connectivity index (χ1) is 29.4. The topological polar surface area (TPSA) is 279 Å². The molecule has 1 saturated heterocycles. The highest BCUT2D eigenvalue weighted by Gasteiger charge is 2.25. The zero-order valence-corrected chi connectivity index (χ0v) is 35.8. The molecule has 2 atom stereocenters. The summed E-state index contributed by atoms with van der Waals surface area (Å²) in [4.78, 5) is 72.4. The number of nitrogens with two attached hydrogens (primary N) is 2. The summed E-state index contributed by atoms with van der Waals surface area (Å²) in [6, 6.07) is 6.98. The Morgan fingerprint density at radius 3 is 2.39 bits per heavy atom. The smallest absolute Gasteiger partial charge is 0.321 e. The number of rotatable bonds is 28. The molecule has 1 fully saturated rings. The number of methoxy groups -OCH3 is 1. The van der Waals surface area contributed by atoms with E-state index < -0.39 is 48.0 Å². The fraction of sp³-hybridized carbons (Fsp3) is 0.575. The lowest BCUT2D eigenvalue weighted by atomic mass is 10.1. The van der Waals surface area contributed by atoms with Gasteiger partial charge >= 0.3 is 11.9 Å². The van der Waals surface area contributed by atoms with Gasteiger partial charge in [-0.25, -0.2) is 4.98 Å². The zero-order valence-electron chi connectivity index (χ0n) is 34.9. The number of nitrogen functional groups attached to an aromatic ring is 1. The van der Waals surface area contributed by atoms with Crippen LogP contribution in [0.2, 0.25) is 0 Å². The minimum absolute atomic E-state index is 0.0306. The van der Waals surface area contributed by atoms with Gasteiger partial charge < -0.3 is 61.3 Å². The lowest BCUT2D eigenvalue weighted by molar-refractivity contribution is -0.138. The number of carboxylic acids is 2. The minimum atomic E-state index is -1.27. The molecule has 2 aromatic heterocycles. The number of ether oxygens (including phenoxy) is 3. The zero-order chi connectivity index (χ0) is 44.1. The molecule has 0 radical (unpaired) electrons. The molecule has 0 bridgehead atoms. The van der Waals surface area contributed by atoms with Gasteiger partial charge in [-0.3, -0.25) is 28.9 Å². The van der Waals surface area contributed by atoms with Crippen LogP contribution in [-0.2, 0) is 46.5 Å². The molecule has 61 heavy (non-hydrogen) atoms. The van der Waals surface area contributed by atoms with E-state index in [-0.39, 0.29) is 57.0 Å². The molecule has 0 spiro atoms. The van der Waals surface area contributed by atoms with Gasteiger partial charge in [0.05, 0.1) is 70.2 Å². The van der Waals surface area contributed by atoms with Crippen molar-refractivity contribution in [3.05, 3.63) is 41.6 Å². The molecule has 0 unspecified atom stereocenters. The Kier molecular flexibility index (Phi) is 20.3. The third kappa shape index (κ3) is 16.3. The van der Waals surface area contributed by atoms with E-state index in [0.717, 1.165) is 90.9 Å². The van der Waals surface area contributed by atoms with Gasteiger partial charge in [-0.05, 0) is 24.1 Å². The van der Waals surface area contributed by atoms with Gasteiger partial charge in [-0.15, -0.1) is 11.8 Å². The first-order valence-corrected chi connectivity index (χ1v) is 21.5. The summed E-state index contributed by atoms with van der Waals surface area (Å²) >= 11 is 0.797. The number of thioether (sulfide) groups is 1. The molecule has 336 valence electrons. The van der Waals surface area contributed by atoms with Gasteiger partial charge in [0.25, 0.3) is 0 Å². The number of aliphatic carboxylic acids is 2. The van der Waals surface area contributed by atoms with E-state index in [1.54, 1.807) is 7.11 Å². The van der Waals surface area contributed by atoms with Crippen LogP contribution in [0.5, 0.6) is 5.75 Å². The lowest BCUT2D eigenvalue weighted by Gasteiger charge is -2.35. The van der Waals surface area contributed by atoms with Crippen molar-refractivity contribution in [1.29, 1.82) is 0 Å². The van der Waals surface area contributed by atoms with Crippen molar-refractivity contribution in [1.82, 2.24) is 35.0 Å². The fourth-order valence-electron chi connectivity index (χ4n) is 6.50. The maximum Gasteiger partial charge on any atom is 0.321 e. The standard InChI is InChI=1S/C40H60N10O10S/c1-3-4-5-10-44-37-36-30(46-40(42)47-37)8-12-50(36)25-28-7-6-27(21-31(28)58-2)24-48-13-15-49(16-14-48)34(52)9-17-59-19-20-60-18-11-43-33(51)23-45-38(55)32(22-35(53)54)61-26-29(41)39(56)57/h6-8,12,21,29,32H,3-5,9-11,13-20,22-26,41H2,1-2H3,(H,43,51)(H,45,55)(H,53,54)(H,56,57)(H3,42,44,46,47)/t29-,32+/m0/s1. The van der Waals surface area contributed by atoms with Gasteiger partial charge in [-0.1, -0.05) is 31.9 Å². The number of unbranched alkanes of at least 4 members (excludes halogenated alkanes) is 2. The molecule has 4 rings (SSSR count). The number of hydrogen-bond acceptors (Lipinski definition) is 15. The largest absolute Gasteiger partial charge is 0.496 e. The average molecular weight is 873 g/mol. The molecule has 20 nitrogen and oxygen atoms in total. The number of piperazine rings is 1. The third-order valence-corrected chi connectivity index (χ3v) is 11.1. The number of amides is 3. The van der Waals surface area contributed by atoms with Crippen LogP contribution < -0.4 is 32.2 Å². The normalized spacial score (nSPS) is 14.0. The van der Waals surface area contributed by atoms with E-state index in [1.165, 1.54) is 0 Å². The summed E-state index contributed by atoms with van der Waals surface area (Å²) in [5.41, 5.74) is 15.3. The maximum atomic E-state index is 12.9. The van der Waals surface area contributed by atoms with Gasteiger partial charge in [0.15, 0.2) is 5.82 Å². The Balaban J connectivity index is 1.08. The van der Waals surface area contributed by atoms with E-state index in [9.17, 15) is 24.0 Å². The highest BCUT2D eigenvalue weighted by Crippen LogP contribution is 2.28. The molecular weight excluding hydrogens is 813 g/mol. The molecule has 3 heterocycles. The molecular formula is C40H60N10O10S. The number of carboxylic acid groups (broad SMARTS) is 2. The maximum absolute atomic E-state index is 12.9. The van der Waals surface area contributed by atoms with Crippen LogP contribution in [-0.4, -0.2) is 161 Å². The molecule has 0 aliphatic carbocycles. The van der Waals surface area contributed by atoms with Gasteiger partial charge in [0, 0.05) is 63.3 Å². The molecule has 21 heteroatoms. The van der Waals surface area contributed by atoms with E-state index in [0.29, 0.717) is 19.6 Å². The molecule has 1 aromatic carbocycles. The second kappa shape index (κ2) is 25.5. The summed E-state index contributed by atoms with van der Waals surface area (Å²) in [5.74, 6) is -2.12. The fourth-order valence-corrected chi connectivity index (χ4v) is 7.58. The van der Waals surface area contributed by atoms with E-state index in [2.05, 4.69) is 60.5 Å². The number of benzene rings is 1. The summed E-state index contributed by atoms with van der Waals surface area (Å²) in [6.45, 7) is 7.75. The number of aromatic nitrogens is 3. The van der Waals surface area contributed by atoms with Crippen molar-refractivity contribution in [2.45, 2.75) is 63.4 Å². The van der Waals surface area contributed by atoms with Crippen LogP contribution >= 0.6 is 11.8 Å². The first-order valence-electron chi connectivity index (χ1n) is 20.4. The summed E-state index contributed by atoms with van der Waals surface area (Å²) in [7, 11) is 1.68. The number of carbonyl (C=O) groups excluding carboxylic acids is 3. The highest BCUT2D eigenvalue weighted by molar-refractivity contribution is 8.00. The van der Waals surface area contributed by atoms with Crippen molar-refractivity contribution < 1.29 is 48.4 Å². The Labute approximate surface area is 359 Å². The Hall–Kier alpha value is -5.22. The second-order valence-electron chi connectivity index (χ2n) is 14.5. The van der Waals surface area contributed by atoms with Crippen molar-refractivity contribution in [2.24, 2.45) is 5.73 Å². The van der Waals surface area contributed by atoms with Crippen LogP contribution in [0.1, 0.15) is 50.2 Å². The van der Waals surface area contributed by atoms with E-state index in [4.69, 9.17) is 35.9 Å². The van der Waals surface area contributed by atoms with Crippen molar-refractivity contribution in [3.8, 4) is 5.75 Å². The summed E-state index contributed by atoms with van der Waals surface area (Å²) in [6.07, 6.45) is 5.01.